The molecule has 0 spiro atoms. The van der Waals surface area contributed by atoms with Crippen LogP contribution in [-0.2, 0) is 0 Å². The van der Waals surface area contributed by atoms with E-state index in [1.807, 2.05) is 0 Å². The van der Waals surface area contributed by atoms with E-state index >= 15 is 0 Å². The molecule has 4 saturated carbocycles. The van der Waals surface area contributed by atoms with Gasteiger partial charge in [0.15, 0.2) is 0 Å². The molecule has 2 heteroatoms. The van der Waals surface area contributed by atoms with E-state index < -0.39 is 0 Å². The number of benzene rings is 1. The lowest BCUT2D eigenvalue weighted by Gasteiger charge is -2.60. The van der Waals surface area contributed by atoms with Gasteiger partial charge >= 0.3 is 0 Å². The molecule has 5 rings (SSSR count). The summed E-state index contributed by atoms with van der Waals surface area (Å²) in [5.74, 6) is 3.36. The first-order chi connectivity index (χ1) is 14.7. The third-order valence-corrected chi connectivity index (χ3v) is 10.5. The van der Waals surface area contributed by atoms with Gasteiger partial charge in [-0.25, -0.2) is 0 Å². The summed E-state index contributed by atoms with van der Waals surface area (Å²) in [7, 11) is 0. The minimum atomic E-state index is -0.304. The summed E-state index contributed by atoms with van der Waals surface area (Å²) >= 11 is 0. The third-order valence-electron chi connectivity index (χ3n) is 10.5. The van der Waals surface area contributed by atoms with Gasteiger partial charge in [0.1, 0.15) is 0 Å². The number of hydrogen-bond donors (Lipinski definition) is 2. The Morgan fingerprint density at radius 3 is 2.32 bits per heavy atom. The molecule has 0 radical (unpaired) electrons. The van der Waals surface area contributed by atoms with Crippen molar-refractivity contribution in [2.75, 3.05) is 0 Å². The lowest BCUT2D eigenvalue weighted by atomic mass is 9.45. The quantitative estimate of drug-likeness (QED) is 0.566. The Morgan fingerprint density at radius 2 is 1.61 bits per heavy atom. The Morgan fingerprint density at radius 1 is 0.903 bits per heavy atom. The average Bonchev–Trinajstić information content (AvgIpc) is 2.99. The molecule has 8 unspecified atom stereocenters. The highest BCUT2D eigenvalue weighted by atomic mass is 16.3. The van der Waals surface area contributed by atoms with Crippen LogP contribution in [0.1, 0.15) is 96.1 Å². The molecule has 2 N–H and O–H groups in total. The predicted molar refractivity (Wildman–Crippen MR) is 128 cm³/mol. The van der Waals surface area contributed by atoms with E-state index in [0.717, 1.165) is 37.5 Å². The molecule has 0 amide bonds. The van der Waals surface area contributed by atoms with Crippen LogP contribution in [0.2, 0.25) is 0 Å². The van der Waals surface area contributed by atoms with E-state index in [2.05, 4.69) is 58.0 Å². The van der Waals surface area contributed by atoms with Crippen LogP contribution in [0.4, 0.5) is 0 Å². The van der Waals surface area contributed by atoms with Crippen molar-refractivity contribution < 1.29 is 10.2 Å². The first-order valence-corrected chi connectivity index (χ1v) is 12.9. The van der Waals surface area contributed by atoms with Crippen LogP contribution < -0.4 is 0 Å². The van der Waals surface area contributed by atoms with E-state index in [-0.39, 0.29) is 17.6 Å². The highest BCUT2D eigenvalue weighted by Gasteiger charge is 2.61. The van der Waals surface area contributed by atoms with Crippen molar-refractivity contribution in [3.8, 4) is 0 Å². The van der Waals surface area contributed by atoms with Crippen molar-refractivity contribution in [1.29, 1.82) is 0 Å². The van der Waals surface area contributed by atoms with Crippen LogP contribution in [0.3, 0.4) is 0 Å². The number of fused-ring (bicyclic) bond motifs is 5. The van der Waals surface area contributed by atoms with E-state index in [9.17, 15) is 10.2 Å². The molecule has 0 saturated heterocycles. The standard InChI is InChI=1S/C29H42O2/c1-18(2)20-7-5-19(6-8-20)15-21-16-26-24-10-9-22-17-23(30)11-13-28(22,3)25(24)12-14-29(26,4)27(21)31/h5-8,15,18,22-27,30-31H,9-14,16-17H2,1-4H3. The van der Waals surface area contributed by atoms with Gasteiger partial charge in [-0.2, -0.15) is 0 Å². The van der Waals surface area contributed by atoms with Crippen LogP contribution in [0.25, 0.3) is 6.08 Å². The summed E-state index contributed by atoms with van der Waals surface area (Å²) in [4.78, 5) is 0. The van der Waals surface area contributed by atoms with Crippen molar-refractivity contribution >= 4 is 6.08 Å². The fraction of sp³-hybridized carbons (Fsp3) is 0.724. The Bertz CT molecular complexity index is 839. The fourth-order valence-corrected chi connectivity index (χ4v) is 8.43. The molecule has 1 aromatic rings. The van der Waals surface area contributed by atoms with Gasteiger partial charge in [-0.3, -0.25) is 0 Å². The molecular formula is C29H42O2. The molecule has 0 heterocycles. The number of aliphatic hydroxyl groups excluding tert-OH is 2. The summed E-state index contributed by atoms with van der Waals surface area (Å²) < 4.78 is 0. The van der Waals surface area contributed by atoms with Gasteiger partial charge in [0.2, 0.25) is 0 Å². The van der Waals surface area contributed by atoms with Gasteiger partial charge in [-0.05, 0) is 103 Å². The Labute approximate surface area is 189 Å². The fourth-order valence-electron chi connectivity index (χ4n) is 8.43. The molecule has 4 fully saturated rings. The first kappa shape index (κ1) is 21.7. The van der Waals surface area contributed by atoms with Crippen LogP contribution in [0.15, 0.2) is 29.8 Å². The number of aliphatic hydroxyl groups is 2. The molecule has 2 nitrogen and oxygen atoms in total. The number of rotatable bonds is 2. The van der Waals surface area contributed by atoms with Gasteiger partial charge in [0.05, 0.1) is 12.2 Å². The smallest absolute Gasteiger partial charge is 0.0809 e. The molecular weight excluding hydrogens is 380 g/mol. The second kappa shape index (κ2) is 7.73. The molecule has 8 atom stereocenters. The maximum atomic E-state index is 11.5. The van der Waals surface area contributed by atoms with Crippen molar-refractivity contribution in [2.45, 2.75) is 97.2 Å². The molecule has 4 aliphatic rings. The summed E-state index contributed by atoms with van der Waals surface area (Å²) in [6.45, 7) is 9.39. The largest absolute Gasteiger partial charge is 0.393 e. The zero-order chi connectivity index (χ0) is 22.0. The highest BCUT2D eigenvalue weighted by Crippen LogP contribution is 2.67. The van der Waals surface area contributed by atoms with Crippen molar-refractivity contribution in [2.24, 2.45) is 34.5 Å². The van der Waals surface area contributed by atoms with E-state index in [1.54, 1.807) is 0 Å². The Hall–Kier alpha value is -1.12. The summed E-state index contributed by atoms with van der Waals surface area (Å²) in [5, 5.41) is 21.7. The average molecular weight is 423 g/mol. The van der Waals surface area contributed by atoms with E-state index in [0.29, 0.717) is 23.2 Å². The Balaban J connectivity index is 1.40. The number of hydrogen-bond acceptors (Lipinski definition) is 2. The molecule has 31 heavy (non-hydrogen) atoms. The monoisotopic (exact) mass is 422 g/mol. The zero-order valence-corrected chi connectivity index (χ0v) is 20.0. The van der Waals surface area contributed by atoms with Crippen LogP contribution in [-0.4, -0.2) is 22.4 Å². The van der Waals surface area contributed by atoms with Crippen LogP contribution in [0.5, 0.6) is 0 Å². The van der Waals surface area contributed by atoms with Crippen LogP contribution in [0, 0.1) is 34.5 Å². The lowest BCUT2D eigenvalue weighted by Crippen LogP contribution is -2.54. The molecule has 4 aliphatic carbocycles. The Kier molecular flexibility index (Phi) is 5.42. The van der Waals surface area contributed by atoms with Crippen LogP contribution >= 0.6 is 0 Å². The highest BCUT2D eigenvalue weighted by molar-refractivity contribution is 5.56. The van der Waals surface area contributed by atoms with Crippen molar-refractivity contribution in [3.05, 3.63) is 41.0 Å². The second-order valence-electron chi connectivity index (χ2n) is 12.3. The summed E-state index contributed by atoms with van der Waals surface area (Å²) in [5.41, 5.74) is 4.29. The van der Waals surface area contributed by atoms with Crippen molar-refractivity contribution in [1.82, 2.24) is 0 Å². The van der Waals surface area contributed by atoms with Gasteiger partial charge in [-0.15, -0.1) is 0 Å². The molecule has 1 aromatic carbocycles. The molecule has 0 aliphatic heterocycles. The zero-order valence-electron chi connectivity index (χ0n) is 20.0. The minimum absolute atomic E-state index is 0.0300. The van der Waals surface area contributed by atoms with Crippen molar-refractivity contribution in [3.63, 3.8) is 0 Å². The van der Waals surface area contributed by atoms with E-state index in [1.165, 1.54) is 42.4 Å². The molecule has 170 valence electrons. The molecule has 0 aromatic heterocycles. The predicted octanol–water partition coefficient (Wildman–Crippen LogP) is 6.57. The second-order valence-corrected chi connectivity index (χ2v) is 12.3. The minimum Gasteiger partial charge on any atom is -0.393 e. The van der Waals surface area contributed by atoms with Gasteiger partial charge in [0.25, 0.3) is 0 Å². The SMILES string of the molecule is CC(C)c1ccc(C=C2CC3C4CCC5CC(O)CCC5(C)C4CCC3(C)C2O)cc1. The summed E-state index contributed by atoms with van der Waals surface area (Å²) in [6.07, 6.45) is 11.1. The molecule has 0 bridgehead atoms. The van der Waals surface area contributed by atoms with Gasteiger partial charge < -0.3 is 10.2 Å². The first-order valence-electron chi connectivity index (χ1n) is 12.9. The normalized spacial score (nSPS) is 46.0. The van der Waals surface area contributed by atoms with E-state index in [4.69, 9.17) is 0 Å². The lowest BCUT2D eigenvalue weighted by molar-refractivity contribution is -0.133. The summed E-state index contributed by atoms with van der Waals surface area (Å²) in [6, 6.07) is 8.93. The third kappa shape index (κ3) is 3.44. The van der Waals surface area contributed by atoms with Gasteiger partial charge in [0, 0.05) is 5.41 Å². The topological polar surface area (TPSA) is 40.5 Å². The maximum Gasteiger partial charge on any atom is 0.0809 e. The van der Waals surface area contributed by atoms with Gasteiger partial charge in [-0.1, -0.05) is 58.0 Å². The maximum absolute atomic E-state index is 11.5.